The number of rotatable bonds is 6. The zero-order chi connectivity index (χ0) is 10.3. The van der Waals surface area contributed by atoms with Gasteiger partial charge in [0, 0.05) is 11.2 Å². The van der Waals surface area contributed by atoms with E-state index in [1.54, 1.807) is 0 Å². The van der Waals surface area contributed by atoms with E-state index in [0.717, 1.165) is 25.0 Å². The second-order valence-electron chi connectivity index (χ2n) is 4.17. The summed E-state index contributed by atoms with van der Waals surface area (Å²) in [6, 6.07) is 0. The van der Waals surface area contributed by atoms with Crippen molar-refractivity contribution in [2.45, 2.75) is 51.2 Å². The molecule has 0 saturated carbocycles. The number of carbonyl (C=O) groups is 1. The lowest BCUT2D eigenvalue weighted by Crippen LogP contribution is -2.08. The van der Waals surface area contributed by atoms with Gasteiger partial charge in [0.25, 0.3) is 0 Å². The normalized spacial score (nSPS) is 11.6. The van der Waals surface area contributed by atoms with E-state index in [1.165, 1.54) is 0 Å². The Morgan fingerprint density at radius 1 is 1.23 bits per heavy atom. The summed E-state index contributed by atoms with van der Waals surface area (Å²) in [5, 5.41) is 8.39. The molecule has 0 unspecified atom stereocenters. The molecule has 0 atom stereocenters. The van der Waals surface area contributed by atoms with Crippen LogP contribution in [0.15, 0.2) is 0 Å². The summed E-state index contributed by atoms with van der Waals surface area (Å²) in [7, 11) is 0. The van der Waals surface area contributed by atoms with Crippen LogP contribution in [0.2, 0.25) is 0 Å². The predicted octanol–water partition coefficient (Wildman–Crippen LogP) is 3.16. The zero-order valence-corrected chi connectivity index (χ0v) is 9.62. The summed E-state index contributed by atoms with van der Waals surface area (Å²) in [6.45, 7) is 6.61. The fraction of sp³-hybridized carbons (Fsp3) is 0.900. The van der Waals surface area contributed by atoms with Gasteiger partial charge in [0.05, 0.1) is 0 Å². The van der Waals surface area contributed by atoms with Crippen molar-refractivity contribution in [2.75, 3.05) is 5.75 Å². The highest BCUT2D eigenvalue weighted by Crippen LogP contribution is 2.24. The van der Waals surface area contributed by atoms with Gasteiger partial charge in [-0.2, -0.15) is 11.8 Å². The average Bonchev–Trinajstić information content (AvgIpc) is 1.93. The lowest BCUT2D eigenvalue weighted by Gasteiger charge is -2.16. The average molecular weight is 204 g/mol. The van der Waals surface area contributed by atoms with Gasteiger partial charge in [0.2, 0.25) is 0 Å². The summed E-state index contributed by atoms with van der Waals surface area (Å²) in [5.74, 6) is 0.465. The van der Waals surface area contributed by atoms with Crippen molar-refractivity contribution in [3.8, 4) is 0 Å². The van der Waals surface area contributed by atoms with Crippen LogP contribution in [0.1, 0.15) is 46.5 Å². The maximum atomic E-state index is 10.2. The van der Waals surface area contributed by atoms with E-state index in [1.807, 2.05) is 11.8 Å². The number of hydrogen-bond donors (Lipinski definition) is 1. The number of hydrogen-bond acceptors (Lipinski definition) is 2. The molecule has 0 spiro atoms. The molecule has 0 aromatic heterocycles. The van der Waals surface area contributed by atoms with Crippen LogP contribution in [-0.4, -0.2) is 21.6 Å². The van der Waals surface area contributed by atoms with Gasteiger partial charge in [-0.1, -0.05) is 27.2 Å². The largest absolute Gasteiger partial charge is 0.481 e. The highest BCUT2D eigenvalue weighted by molar-refractivity contribution is 8.00. The molecule has 0 radical (unpaired) electrons. The van der Waals surface area contributed by atoms with Gasteiger partial charge in [0.1, 0.15) is 0 Å². The van der Waals surface area contributed by atoms with Gasteiger partial charge in [-0.05, 0) is 18.6 Å². The topological polar surface area (TPSA) is 37.3 Å². The molecule has 0 amide bonds. The molecular weight excluding hydrogens is 184 g/mol. The minimum atomic E-state index is -0.677. The number of carboxylic acid groups (broad SMARTS) is 1. The Labute approximate surface area is 85.1 Å². The Balaban J connectivity index is 3.13. The summed E-state index contributed by atoms with van der Waals surface area (Å²) in [5.41, 5.74) is 0. The SMILES string of the molecule is CC(C)(C)SCCCCCC(=O)O. The first-order valence-corrected chi connectivity index (χ1v) is 5.76. The molecule has 0 heterocycles. The third kappa shape index (κ3) is 11.8. The molecule has 0 saturated heterocycles. The third-order valence-electron chi connectivity index (χ3n) is 1.57. The molecule has 2 nitrogen and oxygen atoms in total. The fourth-order valence-electron chi connectivity index (χ4n) is 0.933. The van der Waals surface area contributed by atoms with Crippen molar-refractivity contribution in [3.63, 3.8) is 0 Å². The molecule has 0 bridgehead atoms. The Bertz CT molecular complexity index is 149. The van der Waals surface area contributed by atoms with Crippen molar-refractivity contribution >= 4 is 17.7 Å². The maximum absolute atomic E-state index is 10.2. The van der Waals surface area contributed by atoms with Crippen LogP contribution in [0.5, 0.6) is 0 Å². The lowest BCUT2D eigenvalue weighted by molar-refractivity contribution is -0.137. The van der Waals surface area contributed by atoms with Crippen LogP contribution >= 0.6 is 11.8 Å². The van der Waals surface area contributed by atoms with E-state index in [4.69, 9.17) is 5.11 Å². The van der Waals surface area contributed by atoms with Crippen LogP contribution in [0.25, 0.3) is 0 Å². The molecule has 0 aliphatic heterocycles. The highest BCUT2D eigenvalue weighted by atomic mass is 32.2. The molecule has 0 aliphatic carbocycles. The van der Waals surface area contributed by atoms with Crippen molar-refractivity contribution in [2.24, 2.45) is 0 Å². The molecular formula is C10H20O2S. The quantitative estimate of drug-likeness (QED) is 0.675. The number of aliphatic carboxylic acids is 1. The Morgan fingerprint density at radius 3 is 2.31 bits per heavy atom. The second-order valence-corrected chi connectivity index (χ2v) is 6.09. The van der Waals surface area contributed by atoms with E-state index in [0.29, 0.717) is 11.2 Å². The van der Waals surface area contributed by atoms with E-state index in [2.05, 4.69) is 20.8 Å². The number of unbranched alkanes of at least 4 members (excludes halogenated alkanes) is 2. The first-order chi connectivity index (χ1) is 5.92. The fourth-order valence-corrected chi connectivity index (χ4v) is 1.89. The van der Waals surface area contributed by atoms with Crippen LogP contribution < -0.4 is 0 Å². The Morgan fingerprint density at radius 2 is 1.85 bits per heavy atom. The van der Waals surface area contributed by atoms with Crippen LogP contribution in [0.3, 0.4) is 0 Å². The molecule has 0 rings (SSSR count). The monoisotopic (exact) mass is 204 g/mol. The molecule has 3 heteroatoms. The summed E-state index contributed by atoms with van der Waals surface area (Å²) < 4.78 is 0.340. The minimum Gasteiger partial charge on any atom is -0.481 e. The van der Waals surface area contributed by atoms with E-state index < -0.39 is 5.97 Å². The van der Waals surface area contributed by atoms with Gasteiger partial charge < -0.3 is 5.11 Å². The molecule has 13 heavy (non-hydrogen) atoms. The predicted molar refractivity (Wildman–Crippen MR) is 58.3 cm³/mol. The first kappa shape index (κ1) is 12.8. The molecule has 0 aromatic rings. The maximum Gasteiger partial charge on any atom is 0.303 e. The van der Waals surface area contributed by atoms with E-state index in [9.17, 15) is 4.79 Å². The second kappa shape index (κ2) is 6.30. The van der Waals surface area contributed by atoms with Crippen molar-refractivity contribution in [1.29, 1.82) is 0 Å². The minimum absolute atomic E-state index is 0.320. The highest BCUT2D eigenvalue weighted by Gasteiger charge is 2.09. The molecule has 0 fully saturated rings. The molecule has 0 aliphatic rings. The summed E-state index contributed by atoms with van der Waals surface area (Å²) in [6.07, 6.45) is 3.31. The Kier molecular flexibility index (Phi) is 6.21. The van der Waals surface area contributed by atoms with Gasteiger partial charge in [-0.3, -0.25) is 4.79 Å². The summed E-state index contributed by atoms with van der Waals surface area (Å²) in [4.78, 5) is 10.2. The Hall–Kier alpha value is -0.180. The van der Waals surface area contributed by atoms with Gasteiger partial charge in [-0.25, -0.2) is 0 Å². The van der Waals surface area contributed by atoms with Crippen LogP contribution in [-0.2, 0) is 4.79 Å². The molecule has 0 aromatic carbocycles. The van der Waals surface area contributed by atoms with E-state index >= 15 is 0 Å². The van der Waals surface area contributed by atoms with Gasteiger partial charge >= 0.3 is 5.97 Å². The van der Waals surface area contributed by atoms with Crippen LogP contribution in [0, 0.1) is 0 Å². The summed E-state index contributed by atoms with van der Waals surface area (Å²) >= 11 is 1.94. The third-order valence-corrected chi connectivity index (χ3v) is 2.93. The van der Waals surface area contributed by atoms with Crippen molar-refractivity contribution in [1.82, 2.24) is 0 Å². The molecule has 78 valence electrons. The van der Waals surface area contributed by atoms with Crippen molar-refractivity contribution in [3.05, 3.63) is 0 Å². The van der Waals surface area contributed by atoms with Gasteiger partial charge in [0.15, 0.2) is 0 Å². The van der Waals surface area contributed by atoms with Crippen LogP contribution in [0.4, 0.5) is 0 Å². The number of thioether (sulfide) groups is 1. The standard InChI is InChI=1S/C10H20O2S/c1-10(2,3)13-8-6-4-5-7-9(11)12/h4-8H2,1-3H3,(H,11,12). The lowest BCUT2D eigenvalue weighted by atomic mass is 10.2. The van der Waals surface area contributed by atoms with Gasteiger partial charge in [-0.15, -0.1) is 0 Å². The van der Waals surface area contributed by atoms with E-state index in [-0.39, 0.29) is 0 Å². The van der Waals surface area contributed by atoms with Crippen molar-refractivity contribution < 1.29 is 9.90 Å². The number of carboxylic acids is 1. The first-order valence-electron chi connectivity index (χ1n) is 4.77. The zero-order valence-electron chi connectivity index (χ0n) is 8.80. The smallest absolute Gasteiger partial charge is 0.303 e. The molecule has 1 N–H and O–H groups in total.